The van der Waals surface area contributed by atoms with Gasteiger partial charge in [-0.2, -0.15) is 0 Å². The Bertz CT molecular complexity index is 947. The van der Waals surface area contributed by atoms with Gasteiger partial charge in [-0.25, -0.2) is 4.39 Å². The highest BCUT2D eigenvalue weighted by Crippen LogP contribution is 2.25. The summed E-state index contributed by atoms with van der Waals surface area (Å²) in [6.07, 6.45) is 0. The summed E-state index contributed by atoms with van der Waals surface area (Å²) in [4.78, 5) is 28.4. The topological polar surface area (TPSA) is 102 Å². The Labute approximate surface area is 169 Å². The van der Waals surface area contributed by atoms with Crippen molar-refractivity contribution in [1.29, 1.82) is 0 Å². The minimum atomic E-state index is -2.49. The Hall–Kier alpha value is -2.98. The van der Waals surface area contributed by atoms with Gasteiger partial charge in [0.2, 0.25) is 0 Å². The Morgan fingerprint density at radius 2 is 1.62 bits per heavy atom. The number of halogens is 1. The summed E-state index contributed by atoms with van der Waals surface area (Å²) in [5, 5.41) is 0. The molecular formula is C19H19FN3O5S-. The molecule has 1 aliphatic rings. The van der Waals surface area contributed by atoms with E-state index in [1.807, 2.05) is 0 Å². The van der Waals surface area contributed by atoms with Crippen LogP contribution in [0.25, 0.3) is 0 Å². The first kappa shape index (κ1) is 20.7. The molecule has 154 valence electrons. The lowest BCUT2D eigenvalue weighted by Gasteiger charge is -2.35. The number of nitrogens with one attached hydrogen (secondary N) is 1. The molecule has 1 heterocycles. The Morgan fingerprint density at radius 1 is 1.03 bits per heavy atom. The summed E-state index contributed by atoms with van der Waals surface area (Å²) < 4.78 is 42.8. The van der Waals surface area contributed by atoms with E-state index in [2.05, 4.69) is 4.72 Å². The lowest BCUT2D eigenvalue weighted by atomic mass is 10.1. The lowest BCUT2D eigenvalue weighted by Crippen LogP contribution is -2.50. The molecule has 0 bridgehead atoms. The van der Waals surface area contributed by atoms with E-state index in [9.17, 15) is 22.7 Å². The predicted molar refractivity (Wildman–Crippen MR) is 104 cm³/mol. The van der Waals surface area contributed by atoms with Gasteiger partial charge in [-0.05, 0) is 24.3 Å². The van der Waals surface area contributed by atoms with Crippen LogP contribution in [-0.2, 0) is 11.3 Å². The van der Waals surface area contributed by atoms with Crippen LogP contribution in [0.15, 0.2) is 42.5 Å². The van der Waals surface area contributed by atoms with Crippen LogP contribution in [0, 0.1) is 5.82 Å². The molecule has 2 amide bonds. The van der Waals surface area contributed by atoms with Gasteiger partial charge in [-0.3, -0.25) is 13.8 Å². The molecule has 0 radical (unpaired) electrons. The molecule has 1 unspecified atom stereocenters. The molecule has 1 N–H and O–H groups in total. The second-order valence-electron chi connectivity index (χ2n) is 6.32. The maximum Gasteiger partial charge on any atom is 0.257 e. The molecule has 0 aromatic heterocycles. The molecule has 2 aromatic carbocycles. The number of carbonyl (C=O) groups excluding carboxylic acids is 2. The number of rotatable bonds is 5. The lowest BCUT2D eigenvalue weighted by molar-refractivity contribution is 0.0531. The first-order chi connectivity index (χ1) is 13.9. The van der Waals surface area contributed by atoms with Crippen molar-refractivity contribution in [3.8, 4) is 5.75 Å². The smallest absolute Gasteiger partial charge is 0.257 e. The van der Waals surface area contributed by atoms with Crippen LogP contribution in [0.3, 0.4) is 0 Å². The molecule has 1 fully saturated rings. The van der Waals surface area contributed by atoms with E-state index in [4.69, 9.17) is 4.74 Å². The van der Waals surface area contributed by atoms with Crippen molar-refractivity contribution in [2.75, 3.05) is 38.0 Å². The standard InChI is InChI=1S/C19H20FN3O5S/c1-28-17-12-13(21-29(26)27)6-7-15(17)19(25)23-10-8-22(9-11-23)18(24)14-4-2-3-5-16(14)20/h2-7,12,21H,8-11H2,1H3,(H,26,27)/p-1. The van der Waals surface area contributed by atoms with E-state index < -0.39 is 23.0 Å². The summed E-state index contributed by atoms with van der Waals surface area (Å²) >= 11 is -2.49. The van der Waals surface area contributed by atoms with E-state index in [-0.39, 0.29) is 54.7 Å². The number of benzene rings is 2. The molecule has 1 atom stereocenters. The normalized spacial score (nSPS) is 15.0. The number of hydrogen-bond donors (Lipinski definition) is 1. The number of carbonyl (C=O) groups is 2. The van der Waals surface area contributed by atoms with Gasteiger partial charge >= 0.3 is 0 Å². The van der Waals surface area contributed by atoms with E-state index in [1.165, 1.54) is 48.4 Å². The van der Waals surface area contributed by atoms with Crippen molar-refractivity contribution in [3.05, 3.63) is 59.4 Å². The third-order valence-corrected chi connectivity index (χ3v) is 4.99. The van der Waals surface area contributed by atoms with Gasteiger partial charge in [-0.1, -0.05) is 12.1 Å². The SMILES string of the molecule is COc1cc(NS(=O)[O-])ccc1C(=O)N1CCN(C(=O)c2ccccc2F)CC1. The number of piperazine rings is 1. The Balaban J connectivity index is 1.68. The minimum Gasteiger partial charge on any atom is -0.755 e. The number of hydrogen-bond acceptors (Lipinski definition) is 5. The maximum absolute atomic E-state index is 13.8. The molecular weight excluding hydrogens is 401 g/mol. The zero-order valence-electron chi connectivity index (χ0n) is 15.6. The average molecular weight is 420 g/mol. The van der Waals surface area contributed by atoms with E-state index in [1.54, 1.807) is 11.0 Å². The molecule has 3 rings (SSSR count). The summed E-state index contributed by atoms with van der Waals surface area (Å²) in [6, 6.07) is 10.2. The molecule has 0 saturated carbocycles. The number of ether oxygens (including phenoxy) is 1. The van der Waals surface area contributed by atoms with Crippen molar-refractivity contribution < 1.29 is 27.5 Å². The van der Waals surface area contributed by atoms with Gasteiger partial charge in [0, 0.05) is 49.2 Å². The zero-order valence-corrected chi connectivity index (χ0v) is 16.4. The fourth-order valence-electron chi connectivity index (χ4n) is 3.12. The molecule has 10 heteroatoms. The second kappa shape index (κ2) is 9.01. The van der Waals surface area contributed by atoms with Gasteiger partial charge in [0.1, 0.15) is 11.6 Å². The highest BCUT2D eigenvalue weighted by atomic mass is 32.2. The fraction of sp³-hybridized carbons (Fsp3) is 0.263. The first-order valence-corrected chi connectivity index (χ1v) is 9.85. The Morgan fingerprint density at radius 3 is 2.17 bits per heavy atom. The van der Waals surface area contributed by atoms with Crippen molar-refractivity contribution in [2.24, 2.45) is 0 Å². The van der Waals surface area contributed by atoms with Crippen molar-refractivity contribution in [2.45, 2.75) is 0 Å². The molecule has 8 nitrogen and oxygen atoms in total. The fourth-order valence-corrected chi connectivity index (χ4v) is 3.44. The monoisotopic (exact) mass is 420 g/mol. The quantitative estimate of drug-likeness (QED) is 0.741. The summed E-state index contributed by atoms with van der Waals surface area (Å²) in [5.74, 6) is -1.05. The van der Waals surface area contributed by atoms with Crippen molar-refractivity contribution in [3.63, 3.8) is 0 Å². The molecule has 0 spiro atoms. The molecule has 1 aliphatic heterocycles. The highest BCUT2D eigenvalue weighted by Gasteiger charge is 2.28. The maximum atomic E-state index is 13.8. The number of amides is 2. The largest absolute Gasteiger partial charge is 0.755 e. The zero-order chi connectivity index (χ0) is 21.0. The van der Waals surface area contributed by atoms with Crippen LogP contribution in [0.2, 0.25) is 0 Å². The van der Waals surface area contributed by atoms with Crippen LogP contribution < -0.4 is 9.46 Å². The summed E-state index contributed by atoms with van der Waals surface area (Å²) in [6.45, 7) is 1.12. The summed E-state index contributed by atoms with van der Waals surface area (Å²) in [5.41, 5.74) is 0.559. The van der Waals surface area contributed by atoms with E-state index in [0.717, 1.165) is 0 Å². The van der Waals surface area contributed by atoms with E-state index >= 15 is 0 Å². The third-order valence-electron chi connectivity index (χ3n) is 4.59. The molecule has 2 aromatic rings. The average Bonchev–Trinajstić information content (AvgIpc) is 2.72. The Kier molecular flexibility index (Phi) is 6.45. The van der Waals surface area contributed by atoms with Gasteiger partial charge in [0.25, 0.3) is 11.8 Å². The highest BCUT2D eigenvalue weighted by molar-refractivity contribution is 7.80. The van der Waals surface area contributed by atoms with Gasteiger partial charge in [-0.15, -0.1) is 0 Å². The van der Waals surface area contributed by atoms with Gasteiger partial charge in [0.15, 0.2) is 0 Å². The predicted octanol–water partition coefficient (Wildman–Crippen LogP) is 1.64. The van der Waals surface area contributed by atoms with Gasteiger partial charge in [0.05, 0.1) is 18.2 Å². The summed E-state index contributed by atoms with van der Waals surface area (Å²) in [7, 11) is 1.38. The van der Waals surface area contributed by atoms with Crippen molar-refractivity contribution in [1.82, 2.24) is 9.80 Å². The number of nitrogens with zero attached hydrogens (tertiary/aromatic N) is 2. The second-order valence-corrected chi connectivity index (χ2v) is 6.99. The molecule has 0 aliphatic carbocycles. The first-order valence-electron chi connectivity index (χ1n) is 8.77. The molecule has 29 heavy (non-hydrogen) atoms. The van der Waals surface area contributed by atoms with Crippen molar-refractivity contribution >= 4 is 28.8 Å². The molecule has 1 saturated heterocycles. The van der Waals surface area contributed by atoms with Crippen LogP contribution in [-0.4, -0.2) is 63.7 Å². The van der Waals surface area contributed by atoms with Crippen LogP contribution in [0.4, 0.5) is 10.1 Å². The number of methoxy groups -OCH3 is 1. The van der Waals surface area contributed by atoms with Crippen LogP contribution in [0.1, 0.15) is 20.7 Å². The van der Waals surface area contributed by atoms with Gasteiger partial charge < -0.3 is 23.8 Å². The third kappa shape index (κ3) is 4.72. The van der Waals surface area contributed by atoms with Crippen LogP contribution >= 0.6 is 0 Å². The van der Waals surface area contributed by atoms with E-state index in [0.29, 0.717) is 0 Å². The minimum absolute atomic E-state index is 0.00722. The number of anilines is 1. The van der Waals surface area contributed by atoms with Crippen LogP contribution in [0.5, 0.6) is 5.75 Å².